The van der Waals surface area contributed by atoms with E-state index in [2.05, 4.69) is 16.0 Å². The van der Waals surface area contributed by atoms with Crippen molar-refractivity contribution in [2.24, 2.45) is 28.9 Å². The van der Waals surface area contributed by atoms with Gasteiger partial charge in [-0.1, -0.05) is 13.8 Å². The number of primary amides is 2. The van der Waals surface area contributed by atoms with Gasteiger partial charge < -0.3 is 44.0 Å². The summed E-state index contributed by atoms with van der Waals surface area (Å²) >= 11 is 0. The number of nitrogens with one attached hydrogen (secondary N) is 3. The third-order valence-electron chi connectivity index (χ3n) is 4.66. The van der Waals surface area contributed by atoms with E-state index in [1.165, 1.54) is 0 Å². The highest BCUT2D eigenvalue weighted by Gasteiger charge is 2.31. The number of rotatable bonds is 16. The molecule has 0 aromatic rings. The van der Waals surface area contributed by atoms with Gasteiger partial charge in [0.25, 0.3) is 0 Å². The highest BCUT2D eigenvalue weighted by atomic mass is 16.4. The van der Waals surface area contributed by atoms with E-state index in [0.29, 0.717) is 19.4 Å². The molecule has 0 heterocycles. The second kappa shape index (κ2) is 14.7. The maximum Gasteiger partial charge on any atom is 0.326 e. The summed E-state index contributed by atoms with van der Waals surface area (Å²) in [5.41, 5.74) is 21.4. The molecule has 0 bridgehead atoms. The number of carboxylic acid groups (broad SMARTS) is 1. The summed E-state index contributed by atoms with van der Waals surface area (Å²) in [4.78, 5) is 71.5. The molecule has 0 aromatic carbocycles. The number of carbonyl (C=O) groups is 6. The zero-order valence-electron chi connectivity index (χ0n) is 18.8. The second-order valence-corrected chi connectivity index (χ2v) is 7.92. The van der Waals surface area contributed by atoms with E-state index in [0.717, 1.165) is 0 Å². The van der Waals surface area contributed by atoms with Crippen molar-refractivity contribution in [2.75, 3.05) is 6.54 Å². The average molecular weight is 474 g/mol. The smallest absolute Gasteiger partial charge is 0.326 e. The zero-order chi connectivity index (χ0) is 25.7. The van der Waals surface area contributed by atoms with Crippen molar-refractivity contribution in [3.8, 4) is 0 Å². The summed E-state index contributed by atoms with van der Waals surface area (Å²) in [6.45, 7) is 3.70. The number of aliphatic carboxylic acids is 1. The lowest BCUT2D eigenvalue weighted by Gasteiger charge is -2.25. The molecule has 0 saturated carbocycles. The van der Waals surface area contributed by atoms with Crippen LogP contribution in [0.25, 0.3) is 0 Å². The van der Waals surface area contributed by atoms with Crippen LogP contribution < -0.4 is 38.9 Å². The van der Waals surface area contributed by atoms with Gasteiger partial charge in [0.1, 0.15) is 18.1 Å². The first-order valence-electron chi connectivity index (χ1n) is 10.5. The SMILES string of the molecule is CC(C)C(N)C(=O)NC(CC(N)=O)C(=O)NC(CCCCN)C(=O)NC(CC(N)=O)C(=O)O. The molecule has 4 unspecified atom stereocenters. The minimum atomic E-state index is -1.60. The number of nitrogens with two attached hydrogens (primary N) is 4. The van der Waals surface area contributed by atoms with Crippen molar-refractivity contribution in [3.63, 3.8) is 0 Å². The predicted molar refractivity (Wildman–Crippen MR) is 117 cm³/mol. The fraction of sp³-hybridized carbons (Fsp3) is 0.684. The van der Waals surface area contributed by atoms with Crippen LogP contribution in [0, 0.1) is 5.92 Å². The van der Waals surface area contributed by atoms with Crippen molar-refractivity contribution < 1.29 is 33.9 Å². The summed E-state index contributed by atoms with van der Waals surface area (Å²) in [6, 6.07) is -5.22. The molecule has 0 aromatic heterocycles. The second-order valence-electron chi connectivity index (χ2n) is 7.92. The molecule has 0 rings (SSSR count). The molecule has 188 valence electrons. The van der Waals surface area contributed by atoms with Crippen LogP contribution >= 0.6 is 0 Å². The van der Waals surface area contributed by atoms with Crippen molar-refractivity contribution in [1.29, 1.82) is 0 Å². The van der Waals surface area contributed by atoms with Crippen LogP contribution in [0.3, 0.4) is 0 Å². The number of hydrogen-bond acceptors (Lipinski definition) is 8. The Morgan fingerprint density at radius 1 is 0.758 bits per heavy atom. The van der Waals surface area contributed by atoms with E-state index in [9.17, 15) is 33.9 Å². The van der Waals surface area contributed by atoms with E-state index < -0.39 is 72.5 Å². The van der Waals surface area contributed by atoms with Crippen LogP contribution in [0.15, 0.2) is 0 Å². The lowest BCUT2D eigenvalue weighted by atomic mass is 10.0. The number of carboxylic acids is 1. The summed E-state index contributed by atoms with van der Waals surface area (Å²) in [5, 5.41) is 16.1. The molecular weight excluding hydrogens is 438 g/mol. The molecule has 33 heavy (non-hydrogen) atoms. The van der Waals surface area contributed by atoms with Crippen molar-refractivity contribution in [2.45, 2.75) is 70.1 Å². The third-order valence-corrected chi connectivity index (χ3v) is 4.66. The van der Waals surface area contributed by atoms with Crippen LogP contribution in [0.5, 0.6) is 0 Å². The van der Waals surface area contributed by atoms with Crippen LogP contribution in [0.2, 0.25) is 0 Å². The van der Waals surface area contributed by atoms with Gasteiger partial charge in [0.15, 0.2) is 0 Å². The average Bonchev–Trinajstić information content (AvgIpc) is 2.70. The van der Waals surface area contributed by atoms with Gasteiger partial charge in [-0.3, -0.25) is 24.0 Å². The molecular formula is C19H35N7O7. The maximum atomic E-state index is 12.8. The molecule has 0 aliphatic carbocycles. The zero-order valence-corrected chi connectivity index (χ0v) is 18.8. The lowest BCUT2D eigenvalue weighted by Crippen LogP contribution is -2.58. The first-order valence-corrected chi connectivity index (χ1v) is 10.5. The normalized spacial score (nSPS) is 14.5. The van der Waals surface area contributed by atoms with Gasteiger partial charge >= 0.3 is 5.97 Å². The van der Waals surface area contributed by atoms with Gasteiger partial charge in [0.2, 0.25) is 29.5 Å². The highest BCUT2D eigenvalue weighted by Crippen LogP contribution is 2.05. The molecule has 14 heteroatoms. The van der Waals surface area contributed by atoms with Gasteiger partial charge in [0.05, 0.1) is 18.9 Å². The van der Waals surface area contributed by atoms with E-state index in [1.807, 2.05) is 0 Å². The van der Waals surface area contributed by atoms with Crippen LogP contribution in [0.4, 0.5) is 0 Å². The molecule has 5 amide bonds. The Kier molecular flexibility index (Phi) is 13.3. The molecule has 0 radical (unpaired) electrons. The molecule has 0 spiro atoms. The molecule has 0 aliphatic rings. The number of amides is 5. The van der Waals surface area contributed by atoms with Crippen LogP contribution in [-0.2, 0) is 28.8 Å². The van der Waals surface area contributed by atoms with E-state index >= 15 is 0 Å². The fourth-order valence-electron chi connectivity index (χ4n) is 2.69. The van der Waals surface area contributed by atoms with Gasteiger partial charge in [0, 0.05) is 0 Å². The summed E-state index contributed by atoms with van der Waals surface area (Å²) in [6.07, 6.45) is -0.237. The highest BCUT2D eigenvalue weighted by molar-refractivity contribution is 5.96. The van der Waals surface area contributed by atoms with Crippen LogP contribution in [0.1, 0.15) is 46.0 Å². The van der Waals surface area contributed by atoms with Crippen molar-refractivity contribution in [1.82, 2.24) is 16.0 Å². The predicted octanol–water partition coefficient (Wildman–Crippen LogP) is -3.61. The number of unbranched alkanes of at least 4 members (excludes halogenated alkanes) is 1. The van der Waals surface area contributed by atoms with E-state index in [1.54, 1.807) is 13.8 Å². The molecule has 4 atom stereocenters. The van der Waals surface area contributed by atoms with E-state index in [4.69, 9.17) is 22.9 Å². The molecule has 0 fully saturated rings. The summed E-state index contributed by atoms with van der Waals surface area (Å²) < 4.78 is 0. The Morgan fingerprint density at radius 3 is 1.67 bits per heavy atom. The van der Waals surface area contributed by atoms with Gasteiger partial charge in [-0.2, -0.15) is 0 Å². The van der Waals surface area contributed by atoms with Gasteiger partial charge in [-0.05, 0) is 31.7 Å². The lowest BCUT2D eigenvalue weighted by molar-refractivity contribution is -0.144. The van der Waals surface area contributed by atoms with Crippen LogP contribution in [-0.4, -0.2) is 71.3 Å². The topological polar surface area (TPSA) is 263 Å². The number of hydrogen-bond donors (Lipinski definition) is 8. The monoisotopic (exact) mass is 473 g/mol. The summed E-state index contributed by atoms with van der Waals surface area (Å²) in [7, 11) is 0. The molecule has 0 saturated heterocycles. The minimum Gasteiger partial charge on any atom is -0.480 e. The van der Waals surface area contributed by atoms with Crippen molar-refractivity contribution in [3.05, 3.63) is 0 Å². The molecule has 12 N–H and O–H groups in total. The Morgan fingerprint density at radius 2 is 1.21 bits per heavy atom. The Hall–Kier alpha value is -3.26. The third kappa shape index (κ3) is 11.8. The molecule has 14 nitrogen and oxygen atoms in total. The van der Waals surface area contributed by atoms with E-state index in [-0.39, 0.29) is 12.3 Å². The van der Waals surface area contributed by atoms with Gasteiger partial charge in [-0.25, -0.2) is 4.79 Å². The largest absolute Gasteiger partial charge is 0.480 e. The Labute approximate surface area is 191 Å². The maximum absolute atomic E-state index is 12.8. The van der Waals surface area contributed by atoms with Crippen molar-refractivity contribution >= 4 is 35.5 Å². The Balaban J connectivity index is 5.56. The Bertz CT molecular complexity index is 729. The quantitative estimate of drug-likeness (QED) is 0.103. The minimum absolute atomic E-state index is 0.0699. The molecule has 0 aliphatic heterocycles. The number of carbonyl (C=O) groups excluding carboxylic acids is 5. The van der Waals surface area contributed by atoms with Gasteiger partial charge in [-0.15, -0.1) is 0 Å². The first-order chi connectivity index (χ1) is 15.3. The standard InChI is InChI=1S/C19H35N7O7/c1-9(2)15(23)18(31)25-11(7-13(21)27)17(30)24-10(5-3-4-6-20)16(29)26-12(19(32)33)8-14(22)28/h9-12,15H,3-8,20,23H2,1-2H3,(H2,21,27)(H2,22,28)(H,24,30)(H,25,31)(H,26,29)(H,32,33). The first kappa shape index (κ1) is 29.7. The fourth-order valence-corrected chi connectivity index (χ4v) is 2.69. The summed E-state index contributed by atoms with van der Waals surface area (Å²) in [5.74, 6) is -6.05.